The summed E-state index contributed by atoms with van der Waals surface area (Å²) < 4.78 is 1.54. The zero-order chi connectivity index (χ0) is 21.2. The molecule has 1 atom stereocenters. The Hall–Kier alpha value is -3.22. The minimum absolute atomic E-state index is 0.0116. The number of carbonyl (C=O) groups excluding carboxylic acids is 2. The lowest BCUT2D eigenvalue weighted by Gasteiger charge is -2.22. The van der Waals surface area contributed by atoms with Gasteiger partial charge in [0, 0.05) is 17.8 Å². The number of nitrogens with one attached hydrogen (secondary N) is 2. The van der Waals surface area contributed by atoms with Crippen molar-refractivity contribution in [2.45, 2.75) is 46.1 Å². The predicted octanol–water partition coefficient (Wildman–Crippen LogP) is 3.42. The van der Waals surface area contributed by atoms with Gasteiger partial charge in [-0.2, -0.15) is 9.61 Å². The second kappa shape index (κ2) is 8.03. The topological polar surface area (TPSA) is 88.4 Å². The van der Waals surface area contributed by atoms with Crippen LogP contribution in [0.15, 0.2) is 48.8 Å². The highest BCUT2D eigenvalue weighted by Crippen LogP contribution is 2.22. The minimum atomic E-state index is -0.691. The lowest BCUT2D eigenvalue weighted by Crippen LogP contribution is -2.47. The van der Waals surface area contributed by atoms with Gasteiger partial charge in [-0.15, -0.1) is 0 Å². The first-order chi connectivity index (χ1) is 13.7. The Morgan fingerprint density at radius 3 is 2.31 bits per heavy atom. The van der Waals surface area contributed by atoms with Gasteiger partial charge in [-0.3, -0.25) is 9.59 Å². The molecule has 152 valence electrons. The third kappa shape index (κ3) is 4.62. The summed E-state index contributed by atoms with van der Waals surface area (Å²) in [6.45, 7) is 10.1. The second-order valence-electron chi connectivity index (χ2n) is 8.44. The Labute approximate surface area is 170 Å². The quantitative estimate of drug-likeness (QED) is 0.695. The van der Waals surface area contributed by atoms with Gasteiger partial charge in [0.2, 0.25) is 5.91 Å². The average molecular weight is 393 g/mol. The summed E-state index contributed by atoms with van der Waals surface area (Å²) in [5.41, 5.74) is 2.31. The van der Waals surface area contributed by atoms with Crippen LogP contribution in [-0.2, 0) is 10.2 Å². The van der Waals surface area contributed by atoms with E-state index in [1.807, 2.05) is 26.0 Å². The predicted molar refractivity (Wildman–Crippen MR) is 113 cm³/mol. The maximum absolute atomic E-state index is 12.9. The van der Waals surface area contributed by atoms with Crippen LogP contribution in [-0.4, -0.2) is 32.5 Å². The number of hydrogen-bond donors (Lipinski definition) is 2. The highest BCUT2D eigenvalue weighted by atomic mass is 16.2. The Balaban J connectivity index is 1.75. The number of fused-ring (bicyclic) bond motifs is 1. The van der Waals surface area contributed by atoms with E-state index in [-0.39, 0.29) is 23.1 Å². The first kappa shape index (κ1) is 20.5. The normalized spacial score (nSPS) is 12.8. The number of aromatic nitrogens is 3. The Morgan fingerprint density at radius 1 is 1.00 bits per heavy atom. The van der Waals surface area contributed by atoms with Crippen molar-refractivity contribution in [2.75, 3.05) is 5.32 Å². The van der Waals surface area contributed by atoms with Crippen LogP contribution >= 0.6 is 0 Å². The molecule has 1 aromatic carbocycles. The van der Waals surface area contributed by atoms with Crippen molar-refractivity contribution >= 4 is 23.3 Å². The van der Waals surface area contributed by atoms with Gasteiger partial charge in [-0.05, 0) is 35.1 Å². The third-order valence-electron chi connectivity index (χ3n) is 4.79. The summed E-state index contributed by atoms with van der Waals surface area (Å²) in [5, 5.41) is 9.87. The molecule has 0 saturated carbocycles. The van der Waals surface area contributed by atoms with Crippen LogP contribution < -0.4 is 10.6 Å². The van der Waals surface area contributed by atoms with Crippen LogP contribution in [0, 0.1) is 5.92 Å². The molecular formula is C22H27N5O2. The molecule has 0 aliphatic rings. The van der Waals surface area contributed by atoms with Crippen LogP contribution in [0.4, 0.5) is 5.82 Å². The molecule has 0 aliphatic carbocycles. The van der Waals surface area contributed by atoms with Crippen LogP contribution in [0.5, 0.6) is 0 Å². The van der Waals surface area contributed by atoms with Crippen LogP contribution in [0.1, 0.15) is 50.5 Å². The number of rotatable bonds is 5. The van der Waals surface area contributed by atoms with Crippen molar-refractivity contribution in [3.05, 3.63) is 59.9 Å². The molecule has 7 nitrogen and oxygen atoms in total. The Bertz CT molecular complexity index is 1020. The molecule has 7 heteroatoms. The number of anilines is 1. The van der Waals surface area contributed by atoms with E-state index in [9.17, 15) is 9.59 Å². The van der Waals surface area contributed by atoms with E-state index in [2.05, 4.69) is 41.5 Å². The van der Waals surface area contributed by atoms with E-state index in [1.54, 1.807) is 41.2 Å². The zero-order valence-electron chi connectivity index (χ0n) is 17.4. The fourth-order valence-electron chi connectivity index (χ4n) is 3.01. The molecule has 0 spiro atoms. The molecular weight excluding hydrogens is 366 g/mol. The first-order valence-electron chi connectivity index (χ1n) is 9.68. The van der Waals surface area contributed by atoms with E-state index in [0.717, 1.165) is 5.56 Å². The lowest BCUT2D eigenvalue weighted by atomic mass is 9.86. The maximum Gasteiger partial charge on any atom is 0.251 e. The SMILES string of the molecule is CC(C)C(NC(=O)c1ccc(C(C)(C)C)cc1)C(=O)Nc1ccnc2ccnn12. The smallest absolute Gasteiger partial charge is 0.251 e. The molecule has 0 fully saturated rings. The molecule has 2 aromatic heterocycles. The first-order valence-corrected chi connectivity index (χ1v) is 9.68. The Morgan fingerprint density at radius 2 is 1.69 bits per heavy atom. The maximum atomic E-state index is 12.9. The summed E-state index contributed by atoms with van der Waals surface area (Å²) >= 11 is 0. The van der Waals surface area contributed by atoms with Crippen LogP contribution in [0.3, 0.4) is 0 Å². The summed E-state index contributed by atoms with van der Waals surface area (Å²) in [4.78, 5) is 29.8. The molecule has 0 saturated heterocycles. The van der Waals surface area contributed by atoms with E-state index in [4.69, 9.17) is 0 Å². The van der Waals surface area contributed by atoms with Gasteiger partial charge in [0.1, 0.15) is 11.9 Å². The molecule has 1 unspecified atom stereocenters. The number of nitrogens with zero attached hydrogens (tertiary/aromatic N) is 3. The third-order valence-corrected chi connectivity index (χ3v) is 4.79. The molecule has 2 heterocycles. The number of hydrogen-bond acceptors (Lipinski definition) is 4. The second-order valence-corrected chi connectivity index (χ2v) is 8.44. The average Bonchev–Trinajstić information content (AvgIpc) is 3.15. The van der Waals surface area contributed by atoms with Gasteiger partial charge in [0.25, 0.3) is 5.91 Å². The summed E-state index contributed by atoms with van der Waals surface area (Å²) in [6, 6.07) is 10.2. The molecule has 2 N–H and O–H groups in total. The van der Waals surface area contributed by atoms with Crippen LogP contribution in [0.2, 0.25) is 0 Å². The van der Waals surface area contributed by atoms with Gasteiger partial charge in [0.15, 0.2) is 5.65 Å². The van der Waals surface area contributed by atoms with Crippen molar-refractivity contribution < 1.29 is 9.59 Å². The van der Waals surface area contributed by atoms with Crippen molar-refractivity contribution in [1.29, 1.82) is 0 Å². The van der Waals surface area contributed by atoms with E-state index < -0.39 is 6.04 Å². The largest absolute Gasteiger partial charge is 0.340 e. The van der Waals surface area contributed by atoms with E-state index in [1.165, 1.54) is 0 Å². The molecule has 0 bridgehead atoms. The molecule has 3 rings (SSSR count). The lowest BCUT2D eigenvalue weighted by molar-refractivity contribution is -0.118. The van der Waals surface area contributed by atoms with Gasteiger partial charge in [-0.25, -0.2) is 4.98 Å². The fourth-order valence-corrected chi connectivity index (χ4v) is 3.01. The number of carbonyl (C=O) groups is 2. The van der Waals surface area contributed by atoms with E-state index in [0.29, 0.717) is 17.0 Å². The number of benzene rings is 1. The van der Waals surface area contributed by atoms with E-state index >= 15 is 0 Å². The van der Waals surface area contributed by atoms with Crippen molar-refractivity contribution in [3.63, 3.8) is 0 Å². The summed E-state index contributed by atoms with van der Waals surface area (Å²) in [6.07, 6.45) is 3.22. The minimum Gasteiger partial charge on any atom is -0.340 e. The molecule has 29 heavy (non-hydrogen) atoms. The fraction of sp³-hybridized carbons (Fsp3) is 0.364. The monoisotopic (exact) mass is 393 g/mol. The zero-order valence-corrected chi connectivity index (χ0v) is 17.4. The summed E-state index contributed by atoms with van der Waals surface area (Å²) in [7, 11) is 0. The standard InChI is InChI=1S/C22H27N5O2/c1-14(2)19(21(29)25-18-10-12-23-17-11-13-24-27(17)18)26-20(28)15-6-8-16(9-7-15)22(3,4)5/h6-14,19H,1-5H3,(H,25,29)(H,26,28). The van der Waals surface area contributed by atoms with Gasteiger partial charge < -0.3 is 10.6 Å². The van der Waals surface area contributed by atoms with Crippen molar-refractivity contribution in [2.24, 2.45) is 5.92 Å². The summed E-state index contributed by atoms with van der Waals surface area (Å²) in [5.74, 6) is -0.178. The molecule has 0 aliphatic heterocycles. The molecule has 0 radical (unpaired) electrons. The highest BCUT2D eigenvalue weighted by molar-refractivity contribution is 6.01. The molecule has 2 amide bonds. The highest BCUT2D eigenvalue weighted by Gasteiger charge is 2.25. The molecule has 3 aromatic rings. The van der Waals surface area contributed by atoms with Gasteiger partial charge in [-0.1, -0.05) is 46.8 Å². The van der Waals surface area contributed by atoms with Crippen LogP contribution in [0.25, 0.3) is 5.65 Å². The van der Waals surface area contributed by atoms with Gasteiger partial charge >= 0.3 is 0 Å². The van der Waals surface area contributed by atoms with Gasteiger partial charge in [0.05, 0.1) is 6.20 Å². The Kier molecular flexibility index (Phi) is 5.68. The van der Waals surface area contributed by atoms with Crippen molar-refractivity contribution in [1.82, 2.24) is 19.9 Å². The number of amides is 2. The van der Waals surface area contributed by atoms with Crippen molar-refractivity contribution in [3.8, 4) is 0 Å².